The van der Waals surface area contributed by atoms with Crippen molar-refractivity contribution in [1.29, 1.82) is 0 Å². The van der Waals surface area contributed by atoms with Gasteiger partial charge in [0, 0.05) is 11.6 Å². The Balaban J connectivity index is 2.12. The normalized spacial score (nSPS) is 17.0. The molecule has 1 saturated carbocycles. The molecule has 0 radical (unpaired) electrons. The predicted octanol–water partition coefficient (Wildman–Crippen LogP) is 4.03. The van der Waals surface area contributed by atoms with Crippen molar-refractivity contribution >= 4 is 23.3 Å². The second-order valence-electron chi connectivity index (χ2n) is 5.06. The van der Waals surface area contributed by atoms with Crippen LogP contribution in [0, 0.1) is 5.41 Å². The van der Waals surface area contributed by atoms with Gasteiger partial charge in [-0.2, -0.15) is 0 Å². The third-order valence-electron chi connectivity index (χ3n) is 4.03. The fraction of sp³-hybridized carbons (Fsp3) is 0.500. The average molecular weight is 268 g/mol. The molecule has 1 aromatic carbocycles. The van der Waals surface area contributed by atoms with Crippen molar-refractivity contribution in [1.82, 2.24) is 0 Å². The summed E-state index contributed by atoms with van der Waals surface area (Å²) in [5.41, 5.74) is 1.25. The van der Waals surface area contributed by atoms with Crippen LogP contribution in [0.5, 0.6) is 0 Å². The molecule has 0 spiro atoms. The molecule has 1 aliphatic carbocycles. The van der Waals surface area contributed by atoms with Crippen molar-refractivity contribution in [3.05, 3.63) is 28.8 Å². The monoisotopic (exact) mass is 267 g/mol. The van der Waals surface area contributed by atoms with Crippen LogP contribution in [-0.2, 0) is 0 Å². The fourth-order valence-electron chi connectivity index (χ4n) is 2.46. The summed E-state index contributed by atoms with van der Waals surface area (Å²) >= 11 is 5.92. The lowest BCUT2D eigenvalue weighted by Gasteiger charge is -2.41. The van der Waals surface area contributed by atoms with Crippen LogP contribution in [0.2, 0.25) is 5.02 Å². The van der Waals surface area contributed by atoms with Gasteiger partial charge in [-0.15, -0.1) is 0 Å². The van der Waals surface area contributed by atoms with Crippen molar-refractivity contribution in [2.75, 3.05) is 11.9 Å². The first-order chi connectivity index (χ1) is 8.56. The van der Waals surface area contributed by atoms with Crippen molar-refractivity contribution in [2.45, 2.75) is 32.6 Å². The van der Waals surface area contributed by atoms with Gasteiger partial charge >= 0.3 is 5.97 Å². The minimum atomic E-state index is -0.923. The Hall–Kier alpha value is -1.22. The number of rotatable bonds is 5. The maximum Gasteiger partial charge on any atom is 0.337 e. The highest BCUT2D eigenvalue weighted by atomic mass is 35.5. The molecule has 1 aromatic rings. The van der Waals surface area contributed by atoms with Gasteiger partial charge in [-0.05, 0) is 42.9 Å². The summed E-state index contributed by atoms with van der Waals surface area (Å²) in [5.74, 6) is -0.923. The molecule has 0 bridgehead atoms. The van der Waals surface area contributed by atoms with Crippen molar-refractivity contribution in [2.24, 2.45) is 5.41 Å². The van der Waals surface area contributed by atoms with Gasteiger partial charge in [-0.3, -0.25) is 0 Å². The van der Waals surface area contributed by atoms with Crippen LogP contribution >= 0.6 is 11.6 Å². The summed E-state index contributed by atoms with van der Waals surface area (Å²) in [4.78, 5) is 11.1. The number of halogens is 1. The van der Waals surface area contributed by atoms with Crippen LogP contribution in [-0.4, -0.2) is 17.6 Å². The molecule has 2 N–H and O–H groups in total. The quantitative estimate of drug-likeness (QED) is 0.847. The van der Waals surface area contributed by atoms with E-state index in [-0.39, 0.29) is 5.56 Å². The Kier molecular flexibility index (Phi) is 3.81. The number of carboxylic acids is 1. The van der Waals surface area contributed by atoms with E-state index in [0.29, 0.717) is 16.1 Å². The third-order valence-corrected chi connectivity index (χ3v) is 4.27. The Labute approximate surface area is 112 Å². The van der Waals surface area contributed by atoms with Crippen molar-refractivity contribution < 1.29 is 9.90 Å². The molecular formula is C14H18ClNO2. The highest BCUT2D eigenvalue weighted by molar-refractivity contribution is 6.31. The van der Waals surface area contributed by atoms with Gasteiger partial charge in [0.1, 0.15) is 0 Å². The van der Waals surface area contributed by atoms with Crippen LogP contribution in [0.25, 0.3) is 0 Å². The van der Waals surface area contributed by atoms with Gasteiger partial charge < -0.3 is 10.4 Å². The number of carbonyl (C=O) groups is 1. The van der Waals surface area contributed by atoms with Crippen LogP contribution in [0.4, 0.5) is 5.69 Å². The predicted molar refractivity (Wildman–Crippen MR) is 73.5 cm³/mol. The summed E-state index contributed by atoms with van der Waals surface area (Å²) in [6.45, 7) is 3.01. The first-order valence-corrected chi connectivity index (χ1v) is 6.71. The highest BCUT2D eigenvalue weighted by Crippen LogP contribution is 2.43. The maximum absolute atomic E-state index is 11.1. The second kappa shape index (κ2) is 5.19. The van der Waals surface area contributed by atoms with Crippen LogP contribution < -0.4 is 5.32 Å². The first-order valence-electron chi connectivity index (χ1n) is 6.33. The molecular weight excluding hydrogens is 250 g/mol. The van der Waals surface area contributed by atoms with Gasteiger partial charge in [-0.1, -0.05) is 24.9 Å². The molecule has 0 aliphatic heterocycles. The maximum atomic E-state index is 11.1. The zero-order valence-electron chi connectivity index (χ0n) is 10.5. The number of benzene rings is 1. The van der Waals surface area contributed by atoms with Gasteiger partial charge in [0.25, 0.3) is 0 Å². The fourth-order valence-corrected chi connectivity index (χ4v) is 2.64. The number of nitrogens with one attached hydrogen (secondary N) is 1. The van der Waals surface area contributed by atoms with E-state index in [4.69, 9.17) is 16.7 Å². The minimum absolute atomic E-state index is 0.282. The van der Waals surface area contributed by atoms with Gasteiger partial charge in [0.2, 0.25) is 0 Å². The molecule has 2 rings (SSSR count). The highest BCUT2D eigenvalue weighted by Gasteiger charge is 2.34. The summed E-state index contributed by atoms with van der Waals surface area (Å²) in [7, 11) is 0. The number of hydrogen-bond acceptors (Lipinski definition) is 2. The number of anilines is 1. The van der Waals surface area contributed by atoms with E-state index in [0.717, 1.165) is 13.0 Å². The molecule has 1 aliphatic rings. The summed E-state index contributed by atoms with van der Waals surface area (Å²) in [5, 5.41) is 13.0. The van der Waals surface area contributed by atoms with Crippen molar-refractivity contribution in [3.63, 3.8) is 0 Å². The lowest BCUT2D eigenvalue weighted by molar-refractivity contribution is 0.0697. The molecule has 18 heavy (non-hydrogen) atoms. The Bertz CT molecular complexity index is 450. The Morgan fingerprint density at radius 2 is 2.22 bits per heavy atom. The average Bonchev–Trinajstić information content (AvgIpc) is 2.28. The molecule has 0 unspecified atom stereocenters. The second-order valence-corrected chi connectivity index (χ2v) is 5.49. The lowest BCUT2D eigenvalue weighted by atomic mass is 9.67. The number of aromatic carboxylic acids is 1. The number of carboxylic acid groups (broad SMARTS) is 1. The lowest BCUT2D eigenvalue weighted by Crippen LogP contribution is -2.36. The van der Waals surface area contributed by atoms with E-state index in [1.807, 2.05) is 0 Å². The molecule has 98 valence electrons. The minimum Gasteiger partial charge on any atom is -0.478 e. The molecule has 1 fully saturated rings. The summed E-state index contributed by atoms with van der Waals surface area (Å²) in [6, 6.07) is 4.84. The topological polar surface area (TPSA) is 49.3 Å². The van der Waals surface area contributed by atoms with E-state index < -0.39 is 5.97 Å². The standard InChI is InChI=1S/C14H18ClNO2/c1-2-14(6-3-7-14)9-16-12-8-10(15)4-5-11(12)13(17)18/h4-5,8,16H,2-3,6-7,9H2,1H3,(H,17,18). The van der Waals surface area contributed by atoms with E-state index >= 15 is 0 Å². The van der Waals surface area contributed by atoms with E-state index in [1.54, 1.807) is 18.2 Å². The Morgan fingerprint density at radius 3 is 2.72 bits per heavy atom. The van der Waals surface area contributed by atoms with Gasteiger partial charge in [0.15, 0.2) is 0 Å². The first kappa shape index (κ1) is 13.2. The van der Waals surface area contributed by atoms with E-state index in [2.05, 4.69) is 12.2 Å². The smallest absolute Gasteiger partial charge is 0.337 e. The van der Waals surface area contributed by atoms with Crippen LogP contribution in [0.15, 0.2) is 18.2 Å². The Morgan fingerprint density at radius 1 is 1.50 bits per heavy atom. The van der Waals surface area contributed by atoms with Gasteiger partial charge in [-0.25, -0.2) is 4.79 Å². The molecule has 0 amide bonds. The SMILES string of the molecule is CCC1(CNc2cc(Cl)ccc2C(=O)O)CCC1. The van der Waals surface area contributed by atoms with Gasteiger partial charge in [0.05, 0.1) is 11.3 Å². The zero-order valence-corrected chi connectivity index (χ0v) is 11.3. The molecule has 0 atom stereocenters. The zero-order chi connectivity index (χ0) is 13.2. The van der Waals surface area contributed by atoms with E-state index in [9.17, 15) is 4.79 Å². The molecule has 0 aromatic heterocycles. The largest absolute Gasteiger partial charge is 0.478 e. The molecule has 0 saturated heterocycles. The molecule has 3 nitrogen and oxygen atoms in total. The van der Waals surface area contributed by atoms with Crippen LogP contribution in [0.1, 0.15) is 43.0 Å². The number of hydrogen-bond donors (Lipinski definition) is 2. The van der Waals surface area contributed by atoms with Crippen molar-refractivity contribution in [3.8, 4) is 0 Å². The third kappa shape index (κ3) is 2.61. The summed E-state index contributed by atoms with van der Waals surface area (Å²) < 4.78 is 0. The summed E-state index contributed by atoms with van der Waals surface area (Å²) in [6.07, 6.45) is 4.85. The van der Waals surface area contributed by atoms with Crippen LogP contribution in [0.3, 0.4) is 0 Å². The molecule has 4 heteroatoms. The molecule has 0 heterocycles. The van der Waals surface area contributed by atoms with E-state index in [1.165, 1.54) is 19.3 Å².